The van der Waals surface area contributed by atoms with Gasteiger partial charge in [0.2, 0.25) is 0 Å². The van der Waals surface area contributed by atoms with Gasteiger partial charge in [0.15, 0.2) is 0 Å². The Bertz CT molecular complexity index is 604. The topological polar surface area (TPSA) is 35.5 Å². The van der Waals surface area contributed by atoms with Crippen molar-refractivity contribution >= 4 is 0 Å². The average molecular weight is 375 g/mol. The summed E-state index contributed by atoms with van der Waals surface area (Å²) >= 11 is 0. The first-order chi connectivity index (χ1) is 12.6. The molecule has 3 heteroatoms. The molecule has 0 bridgehead atoms. The summed E-state index contributed by atoms with van der Waals surface area (Å²) < 4.78 is 0. The van der Waals surface area contributed by atoms with Gasteiger partial charge >= 0.3 is 0 Å². The van der Waals surface area contributed by atoms with E-state index in [9.17, 15) is 5.11 Å². The van der Waals surface area contributed by atoms with E-state index in [0.717, 1.165) is 43.7 Å². The molecule has 1 aliphatic heterocycles. The first-order valence-electron chi connectivity index (χ1n) is 10.9. The third-order valence-electron chi connectivity index (χ3n) is 5.85. The summed E-state index contributed by atoms with van der Waals surface area (Å²) in [5.74, 6) is 0.524. The molecule has 1 heterocycles. The minimum absolute atomic E-state index is 0.0693. The molecule has 0 saturated carbocycles. The fraction of sp³-hybridized carbons (Fsp3) is 0.750. The summed E-state index contributed by atoms with van der Waals surface area (Å²) in [5.41, 5.74) is 3.55. The molecule has 0 unspecified atom stereocenters. The molecule has 2 rings (SSSR count). The molecule has 1 aliphatic rings. The van der Waals surface area contributed by atoms with Gasteiger partial charge in [0.1, 0.15) is 5.75 Å². The van der Waals surface area contributed by atoms with Crippen LogP contribution in [0.3, 0.4) is 0 Å². The zero-order valence-electron chi connectivity index (χ0n) is 18.8. The molecule has 0 spiro atoms. The lowest BCUT2D eigenvalue weighted by atomic mass is 9.77. The van der Waals surface area contributed by atoms with Crippen molar-refractivity contribution in [2.75, 3.05) is 26.2 Å². The number of hydrogen-bond donors (Lipinski definition) is 2. The van der Waals surface area contributed by atoms with Gasteiger partial charge in [0.25, 0.3) is 0 Å². The second kappa shape index (κ2) is 8.96. The van der Waals surface area contributed by atoms with Crippen LogP contribution in [0.2, 0.25) is 0 Å². The third kappa shape index (κ3) is 5.71. The van der Waals surface area contributed by atoms with Crippen LogP contribution in [-0.4, -0.2) is 36.2 Å². The lowest BCUT2D eigenvalue weighted by molar-refractivity contribution is 0.160. The molecule has 0 aromatic heterocycles. The predicted molar refractivity (Wildman–Crippen MR) is 117 cm³/mol. The lowest BCUT2D eigenvalue weighted by Crippen LogP contribution is -2.45. The number of nitrogens with zero attached hydrogens (tertiary/aromatic N) is 1. The molecule has 2 N–H and O–H groups in total. The van der Waals surface area contributed by atoms with Crippen LogP contribution in [0.5, 0.6) is 5.75 Å². The third-order valence-corrected chi connectivity index (χ3v) is 5.85. The van der Waals surface area contributed by atoms with Crippen LogP contribution in [0.4, 0.5) is 0 Å². The van der Waals surface area contributed by atoms with E-state index in [-0.39, 0.29) is 10.8 Å². The van der Waals surface area contributed by atoms with E-state index in [1.807, 2.05) is 0 Å². The highest BCUT2D eigenvalue weighted by atomic mass is 16.3. The van der Waals surface area contributed by atoms with Crippen molar-refractivity contribution in [1.82, 2.24) is 10.2 Å². The zero-order valence-corrected chi connectivity index (χ0v) is 18.8. The summed E-state index contributed by atoms with van der Waals surface area (Å²) in [5, 5.41) is 14.8. The number of nitrogens with one attached hydrogen (secondary N) is 1. The monoisotopic (exact) mass is 374 g/mol. The number of piperazine rings is 1. The molecule has 1 fully saturated rings. The van der Waals surface area contributed by atoms with Crippen molar-refractivity contribution in [3.8, 4) is 5.75 Å². The Kier molecular flexibility index (Phi) is 7.38. The second-order valence-corrected chi connectivity index (χ2v) is 10.3. The molecule has 27 heavy (non-hydrogen) atoms. The first kappa shape index (κ1) is 22.2. The Balaban J connectivity index is 2.54. The van der Waals surface area contributed by atoms with Crippen LogP contribution in [-0.2, 0) is 10.8 Å². The first-order valence-corrected chi connectivity index (χ1v) is 10.9. The quantitative estimate of drug-likeness (QED) is 0.644. The molecule has 1 aromatic carbocycles. The molecule has 0 aliphatic carbocycles. The number of unbranched alkanes of at least 4 members (excludes halogenated alkanes) is 2. The van der Waals surface area contributed by atoms with E-state index in [0.29, 0.717) is 11.8 Å². The van der Waals surface area contributed by atoms with Gasteiger partial charge in [0.05, 0.1) is 0 Å². The lowest BCUT2D eigenvalue weighted by Gasteiger charge is -2.37. The van der Waals surface area contributed by atoms with Gasteiger partial charge in [-0.1, -0.05) is 73.8 Å². The normalized spacial score (nSPS) is 17.9. The van der Waals surface area contributed by atoms with E-state index in [4.69, 9.17) is 0 Å². The Labute approximate surface area is 167 Å². The van der Waals surface area contributed by atoms with Crippen LogP contribution in [0, 0.1) is 0 Å². The van der Waals surface area contributed by atoms with Crippen LogP contribution in [0.1, 0.15) is 96.9 Å². The van der Waals surface area contributed by atoms with E-state index in [1.54, 1.807) is 0 Å². The standard InChI is InChI=1S/C24H42N2O/c1-8-9-10-11-21(26-14-12-25-13-15-26)19-16-18(23(2,3)4)17-20(22(19)27)24(5,6)7/h16-17,21,25,27H,8-15H2,1-7H3/t21-/m1/s1. The van der Waals surface area contributed by atoms with Crippen molar-refractivity contribution in [3.05, 3.63) is 28.8 Å². The van der Waals surface area contributed by atoms with Crippen LogP contribution in [0.15, 0.2) is 12.1 Å². The number of rotatable bonds is 6. The number of phenols is 1. The molecule has 154 valence electrons. The highest BCUT2D eigenvalue weighted by molar-refractivity contribution is 5.50. The summed E-state index contributed by atoms with van der Waals surface area (Å²) in [7, 11) is 0. The summed E-state index contributed by atoms with van der Waals surface area (Å²) in [6.07, 6.45) is 4.83. The Morgan fingerprint density at radius 2 is 1.63 bits per heavy atom. The molecular formula is C24H42N2O. The van der Waals surface area contributed by atoms with Gasteiger partial charge < -0.3 is 10.4 Å². The maximum absolute atomic E-state index is 11.3. The van der Waals surface area contributed by atoms with Crippen LogP contribution >= 0.6 is 0 Å². The minimum atomic E-state index is -0.0719. The fourth-order valence-corrected chi connectivity index (χ4v) is 4.03. The van der Waals surface area contributed by atoms with Crippen LogP contribution < -0.4 is 5.32 Å². The maximum atomic E-state index is 11.3. The van der Waals surface area contributed by atoms with Crippen molar-refractivity contribution in [2.45, 2.75) is 91.0 Å². The molecule has 1 aromatic rings. The van der Waals surface area contributed by atoms with Gasteiger partial charge in [-0.05, 0) is 34.4 Å². The van der Waals surface area contributed by atoms with E-state index < -0.39 is 0 Å². The molecule has 1 atom stereocenters. The fourth-order valence-electron chi connectivity index (χ4n) is 4.03. The average Bonchev–Trinajstić information content (AvgIpc) is 2.58. The van der Waals surface area contributed by atoms with Gasteiger partial charge in [-0.2, -0.15) is 0 Å². The van der Waals surface area contributed by atoms with Gasteiger partial charge in [0, 0.05) is 37.8 Å². The number of hydrogen-bond acceptors (Lipinski definition) is 3. The van der Waals surface area contributed by atoms with E-state index in [2.05, 4.69) is 70.8 Å². The molecule has 1 saturated heterocycles. The molecular weight excluding hydrogens is 332 g/mol. The summed E-state index contributed by atoms with van der Waals surface area (Å²) in [6.45, 7) is 19.9. The van der Waals surface area contributed by atoms with Gasteiger partial charge in [-0.15, -0.1) is 0 Å². The van der Waals surface area contributed by atoms with E-state index in [1.165, 1.54) is 24.8 Å². The zero-order chi connectivity index (χ0) is 20.2. The molecule has 0 radical (unpaired) electrons. The second-order valence-electron chi connectivity index (χ2n) is 10.3. The van der Waals surface area contributed by atoms with Crippen molar-refractivity contribution in [1.29, 1.82) is 0 Å². The maximum Gasteiger partial charge on any atom is 0.124 e. The highest BCUT2D eigenvalue weighted by Crippen LogP contribution is 2.42. The largest absolute Gasteiger partial charge is 0.507 e. The van der Waals surface area contributed by atoms with Crippen LogP contribution in [0.25, 0.3) is 0 Å². The SMILES string of the molecule is CCCCC[C@H](c1cc(C(C)(C)C)cc(C(C)(C)C)c1O)N1CCNCC1. The van der Waals surface area contributed by atoms with E-state index >= 15 is 0 Å². The molecule has 3 nitrogen and oxygen atoms in total. The van der Waals surface area contributed by atoms with Gasteiger partial charge in [-0.25, -0.2) is 0 Å². The number of benzene rings is 1. The molecule has 0 amide bonds. The number of phenolic OH excluding ortho intramolecular Hbond substituents is 1. The van der Waals surface area contributed by atoms with Gasteiger partial charge in [-0.3, -0.25) is 4.90 Å². The highest BCUT2D eigenvalue weighted by Gasteiger charge is 2.30. The smallest absolute Gasteiger partial charge is 0.124 e. The van der Waals surface area contributed by atoms with Crippen molar-refractivity contribution in [2.24, 2.45) is 0 Å². The summed E-state index contributed by atoms with van der Waals surface area (Å²) in [6, 6.07) is 4.84. The number of aromatic hydroxyl groups is 1. The Morgan fingerprint density at radius 1 is 1.00 bits per heavy atom. The Hall–Kier alpha value is -1.06. The predicted octanol–water partition coefficient (Wildman–Crippen LogP) is 5.51. The van der Waals surface area contributed by atoms with Crippen molar-refractivity contribution in [3.63, 3.8) is 0 Å². The van der Waals surface area contributed by atoms with Crippen molar-refractivity contribution < 1.29 is 5.11 Å². The summed E-state index contributed by atoms with van der Waals surface area (Å²) in [4.78, 5) is 2.58. The Morgan fingerprint density at radius 3 is 2.15 bits per heavy atom. The minimum Gasteiger partial charge on any atom is -0.507 e.